The molecule has 0 radical (unpaired) electrons. The van der Waals surface area contributed by atoms with Crippen LogP contribution < -0.4 is 15.5 Å². The number of aliphatic imine (C=N–C) groups is 1. The third-order valence-electron chi connectivity index (χ3n) is 6.12. The van der Waals surface area contributed by atoms with Gasteiger partial charge in [0.25, 0.3) is 0 Å². The zero-order valence-electron chi connectivity index (χ0n) is 19.1. The zero-order valence-corrected chi connectivity index (χ0v) is 21.4. The molecule has 0 aromatic heterocycles. The van der Waals surface area contributed by atoms with E-state index in [1.54, 1.807) is 0 Å². The number of hydrogen-bond acceptors (Lipinski definition) is 3. The number of piperidine rings is 1. The van der Waals surface area contributed by atoms with Crippen molar-refractivity contribution in [2.45, 2.75) is 38.9 Å². The molecule has 0 saturated carbocycles. The highest BCUT2D eigenvalue weighted by Crippen LogP contribution is 2.18. The number of nitrogens with one attached hydrogen (secondary N) is 2. The molecule has 2 aliphatic rings. The second-order valence-electron chi connectivity index (χ2n) is 8.48. The van der Waals surface area contributed by atoms with Crippen molar-refractivity contribution in [1.82, 2.24) is 15.5 Å². The third-order valence-corrected chi connectivity index (χ3v) is 6.12. The monoisotopic (exact) mass is 545 g/mol. The number of guanidine groups is 1. The van der Waals surface area contributed by atoms with Crippen molar-refractivity contribution in [3.05, 3.63) is 77.4 Å². The van der Waals surface area contributed by atoms with Crippen molar-refractivity contribution >= 4 is 35.6 Å². The van der Waals surface area contributed by atoms with Crippen LogP contribution >= 0.6 is 24.0 Å². The van der Waals surface area contributed by atoms with E-state index >= 15 is 0 Å². The van der Waals surface area contributed by atoms with Gasteiger partial charge in [0, 0.05) is 45.5 Å². The molecule has 32 heavy (non-hydrogen) atoms. The molecule has 4 rings (SSSR count). The molecule has 2 N–H and O–H groups in total. The lowest BCUT2D eigenvalue weighted by molar-refractivity contribution is 0.221. The van der Waals surface area contributed by atoms with Crippen molar-refractivity contribution in [2.24, 2.45) is 4.99 Å². The van der Waals surface area contributed by atoms with Crippen molar-refractivity contribution in [1.29, 1.82) is 0 Å². The van der Waals surface area contributed by atoms with E-state index in [0.29, 0.717) is 0 Å². The summed E-state index contributed by atoms with van der Waals surface area (Å²) in [5.41, 5.74) is 5.21. The van der Waals surface area contributed by atoms with E-state index in [4.69, 9.17) is 0 Å². The lowest BCUT2D eigenvalue weighted by Crippen LogP contribution is -2.36. The minimum atomic E-state index is 0. The Morgan fingerprint density at radius 3 is 2.19 bits per heavy atom. The Kier molecular flexibility index (Phi) is 9.87. The van der Waals surface area contributed by atoms with Crippen LogP contribution in [0.25, 0.3) is 0 Å². The Labute approximate surface area is 210 Å². The Morgan fingerprint density at radius 1 is 0.844 bits per heavy atom. The van der Waals surface area contributed by atoms with Crippen LogP contribution in [0.15, 0.2) is 65.7 Å². The first-order chi connectivity index (χ1) is 15.3. The predicted molar refractivity (Wildman–Crippen MR) is 146 cm³/mol. The van der Waals surface area contributed by atoms with Gasteiger partial charge in [-0.05, 0) is 54.8 Å². The molecule has 0 amide bonds. The number of rotatable bonds is 7. The molecule has 2 aliphatic heterocycles. The molecule has 0 spiro atoms. The normalized spacial score (nSPS) is 16.7. The maximum absolute atomic E-state index is 4.38. The number of benzene rings is 2. The van der Waals surface area contributed by atoms with Crippen molar-refractivity contribution in [3.8, 4) is 0 Å². The summed E-state index contributed by atoms with van der Waals surface area (Å²) in [5, 5.41) is 6.87. The van der Waals surface area contributed by atoms with Gasteiger partial charge in [0.1, 0.15) is 0 Å². The van der Waals surface area contributed by atoms with Crippen LogP contribution in [0.3, 0.4) is 0 Å². The molecule has 0 unspecified atom stereocenters. The first-order valence-electron chi connectivity index (χ1n) is 11.5. The number of halogens is 1. The highest BCUT2D eigenvalue weighted by molar-refractivity contribution is 14.0. The van der Waals surface area contributed by atoms with E-state index in [9.17, 15) is 0 Å². The Bertz CT molecular complexity index is 879. The summed E-state index contributed by atoms with van der Waals surface area (Å²) in [5.74, 6) is 0.825. The summed E-state index contributed by atoms with van der Waals surface area (Å²) < 4.78 is 0. The maximum atomic E-state index is 4.38. The van der Waals surface area contributed by atoms with Gasteiger partial charge in [-0.3, -0.25) is 9.89 Å². The number of anilines is 1. The molecule has 2 aromatic rings. The Morgan fingerprint density at radius 2 is 1.50 bits per heavy atom. The van der Waals surface area contributed by atoms with Gasteiger partial charge in [-0.2, -0.15) is 0 Å². The molecule has 172 valence electrons. The number of hydrogen-bond donors (Lipinski definition) is 2. The second-order valence-corrected chi connectivity index (χ2v) is 8.48. The van der Waals surface area contributed by atoms with Crippen LogP contribution in [0, 0.1) is 0 Å². The summed E-state index contributed by atoms with van der Waals surface area (Å²) >= 11 is 0. The molecule has 5 nitrogen and oxygen atoms in total. The summed E-state index contributed by atoms with van der Waals surface area (Å²) in [6.45, 7) is 7.07. The predicted octanol–water partition coefficient (Wildman–Crippen LogP) is 4.53. The van der Waals surface area contributed by atoms with Crippen LogP contribution in [-0.2, 0) is 19.6 Å². The number of nitrogens with zero attached hydrogens (tertiary/aromatic N) is 3. The average molecular weight is 546 g/mol. The summed E-state index contributed by atoms with van der Waals surface area (Å²) in [4.78, 5) is 9.31. The van der Waals surface area contributed by atoms with Crippen LogP contribution in [0.1, 0.15) is 36.0 Å². The number of likely N-dealkylation sites (tertiary alicyclic amines) is 1. The highest BCUT2D eigenvalue weighted by Gasteiger charge is 2.10. The summed E-state index contributed by atoms with van der Waals surface area (Å²) in [6.07, 6.45) is 8.51. The van der Waals surface area contributed by atoms with E-state index in [0.717, 1.165) is 38.7 Å². The molecule has 0 aliphatic carbocycles. The van der Waals surface area contributed by atoms with Crippen molar-refractivity contribution in [2.75, 3.05) is 38.1 Å². The molecule has 1 saturated heterocycles. The quantitative estimate of drug-likeness (QED) is 0.232. The maximum Gasteiger partial charge on any atom is 0.191 e. The highest BCUT2D eigenvalue weighted by atomic mass is 127. The lowest BCUT2D eigenvalue weighted by Gasteiger charge is -2.26. The molecule has 1 fully saturated rings. The minimum absolute atomic E-state index is 0. The second kappa shape index (κ2) is 12.8. The van der Waals surface area contributed by atoms with Crippen LogP contribution in [0.5, 0.6) is 0 Å². The Balaban J connectivity index is 0.00000289. The van der Waals surface area contributed by atoms with E-state index in [1.165, 1.54) is 54.7 Å². The van der Waals surface area contributed by atoms with Gasteiger partial charge in [-0.25, -0.2) is 0 Å². The largest absolute Gasteiger partial charge is 0.364 e. The van der Waals surface area contributed by atoms with Gasteiger partial charge in [-0.1, -0.05) is 55.0 Å². The van der Waals surface area contributed by atoms with Gasteiger partial charge >= 0.3 is 0 Å². The molecular formula is C26H36IN5. The van der Waals surface area contributed by atoms with E-state index in [1.807, 2.05) is 7.05 Å². The molecule has 2 heterocycles. The Hall–Kier alpha value is -2.06. The molecule has 2 aromatic carbocycles. The van der Waals surface area contributed by atoms with Gasteiger partial charge in [0.15, 0.2) is 5.96 Å². The van der Waals surface area contributed by atoms with Crippen molar-refractivity contribution < 1.29 is 0 Å². The topological polar surface area (TPSA) is 42.9 Å². The van der Waals surface area contributed by atoms with Gasteiger partial charge < -0.3 is 15.5 Å². The lowest BCUT2D eigenvalue weighted by atomic mass is 10.1. The summed E-state index contributed by atoms with van der Waals surface area (Å²) in [6, 6.07) is 17.7. The van der Waals surface area contributed by atoms with E-state index < -0.39 is 0 Å². The standard InChI is InChI=1S/C26H35N5.HI/c1-27-26(29-20-24-8-7-9-25(18-24)31-16-5-6-17-31)28-19-22-10-12-23(13-11-22)21-30-14-3-2-4-15-30;/h5-13,18H,2-4,14-17,19-21H2,1H3,(H2,27,28,29);1H. The first-order valence-corrected chi connectivity index (χ1v) is 11.5. The average Bonchev–Trinajstić information content (AvgIpc) is 3.36. The zero-order chi connectivity index (χ0) is 21.3. The molecule has 0 atom stereocenters. The fraction of sp³-hybridized carbons (Fsp3) is 0.423. The van der Waals surface area contributed by atoms with E-state index in [2.05, 4.69) is 86.1 Å². The third kappa shape index (κ3) is 7.24. The fourth-order valence-corrected chi connectivity index (χ4v) is 4.28. The van der Waals surface area contributed by atoms with Crippen LogP contribution in [0.4, 0.5) is 5.69 Å². The molecular weight excluding hydrogens is 509 g/mol. The van der Waals surface area contributed by atoms with Crippen LogP contribution in [-0.4, -0.2) is 44.1 Å². The minimum Gasteiger partial charge on any atom is -0.364 e. The fourth-order valence-electron chi connectivity index (χ4n) is 4.28. The van der Waals surface area contributed by atoms with Crippen LogP contribution in [0.2, 0.25) is 0 Å². The molecule has 6 heteroatoms. The van der Waals surface area contributed by atoms with Gasteiger partial charge in [0.05, 0.1) is 0 Å². The molecule has 0 bridgehead atoms. The van der Waals surface area contributed by atoms with Gasteiger partial charge in [0.2, 0.25) is 0 Å². The van der Waals surface area contributed by atoms with Crippen molar-refractivity contribution in [3.63, 3.8) is 0 Å². The SMILES string of the molecule is CN=C(NCc1ccc(CN2CCCCC2)cc1)NCc1cccc(N2CC=CC2)c1.I. The first kappa shape index (κ1) is 24.6. The smallest absolute Gasteiger partial charge is 0.191 e. The van der Waals surface area contributed by atoms with E-state index in [-0.39, 0.29) is 24.0 Å². The summed E-state index contributed by atoms with van der Waals surface area (Å²) in [7, 11) is 1.82. The van der Waals surface area contributed by atoms with Gasteiger partial charge in [-0.15, -0.1) is 24.0 Å².